The first kappa shape index (κ1) is 14.2. The van der Waals surface area contributed by atoms with Gasteiger partial charge in [-0.1, -0.05) is 51.9 Å². The first-order valence-electron chi connectivity index (χ1n) is 7.07. The highest BCUT2D eigenvalue weighted by Crippen LogP contribution is 2.09. The SMILES string of the molecule is CCCCCCCCCCn1cncc1CN. The molecule has 0 atom stereocenters. The molecule has 0 aliphatic rings. The number of nitrogens with zero attached hydrogens (tertiary/aromatic N) is 2. The summed E-state index contributed by atoms with van der Waals surface area (Å²) < 4.78 is 2.18. The molecule has 1 rings (SSSR count). The average molecular weight is 237 g/mol. The number of imidazole rings is 1. The summed E-state index contributed by atoms with van der Waals surface area (Å²) in [5, 5.41) is 0. The molecule has 1 aromatic heterocycles. The molecule has 17 heavy (non-hydrogen) atoms. The summed E-state index contributed by atoms with van der Waals surface area (Å²) in [6, 6.07) is 0. The molecule has 3 heteroatoms. The maximum Gasteiger partial charge on any atom is 0.0948 e. The lowest BCUT2D eigenvalue weighted by atomic mass is 10.1. The molecule has 0 aliphatic heterocycles. The van der Waals surface area contributed by atoms with E-state index in [4.69, 9.17) is 5.73 Å². The van der Waals surface area contributed by atoms with Crippen LogP contribution < -0.4 is 5.73 Å². The lowest BCUT2D eigenvalue weighted by molar-refractivity contribution is 0.537. The highest BCUT2D eigenvalue weighted by Gasteiger charge is 1.98. The Bertz CT molecular complexity index is 281. The Morgan fingerprint density at radius 3 is 2.35 bits per heavy atom. The number of aryl methyl sites for hydroxylation is 1. The lowest BCUT2D eigenvalue weighted by Gasteiger charge is -2.06. The zero-order valence-corrected chi connectivity index (χ0v) is 11.2. The molecule has 0 fully saturated rings. The molecule has 0 aromatic carbocycles. The maximum absolute atomic E-state index is 5.63. The minimum atomic E-state index is 0.594. The number of rotatable bonds is 10. The second kappa shape index (κ2) is 9.23. The van der Waals surface area contributed by atoms with Crippen molar-refractivity contribution >= 4 is 0 Å². The Labute approximate surface area is 105 Å². The third-order valence-electron chi connectivity index (χ3n) is 3.26. The van der Waals surface area contributed by atoms with Crippen molar-refractivity contribution in [1.29, 1.82) is 0 Å². The Balaban J connectivity index is 1.97. The van der Waals surface area contributed by atoms with Crippen LogP contribution in [0.4, 0.5) is 0 Å². The van der Waals surface area contributed by atoms with Gasteiger partial charge in [-0.3, -0.25) is 0 Å². The van der Waals surface area contributed by atoms with Gasteiger partial charge < -0.3 is 10.3 Å². The van der Waals surface area contributed by atoms with Gasteiger partial charge in [0.1, 0.15) is 0 Å². The number of aromatic nitrogens is 2. The molecule has 0 spiro atoms. The molecule has 0 radical (unpaired) electrons. The predicted molar refractivity (Wildman–Crippen MR) is 72.7 cm³/mol. The predicted octanol–water partition coefficient (Wildman–Crippen LogP) is 3.48. The van der Waals surface area contributed by atoms with E-state index in [0.29, 0.717) is 6.54 Å². The van der Waals surface area contributed by atoms with Gasteiger partial charge >= 0.3 is 0 Å². The summed E-state index contributed by atoms with van der Waals surface area (Å²) in [5.74, 6) is 0. The first-order chi connectivity index (χ1) is 8.38. The summed E-state index contributed by atoms with van der Waals surface area (Å²) in [6.07, 6.45) is 14.7. The lowest BCUT2D eigenvalue weighted by Crippen LogP contribution is -2.06. The summed E-state index contributed by atoms with van der Waals surface area (Å²) in [7, 11) is 0. The largest absolute Gasteiger partial charge is 0.333 e. The molecule has 0 unspecified atom stereocenters. The summed E-state index contributed by atoms with van der Waals surface area (Å²) >= 11 is 0. The molecule has 0 saturated carbocycles. The standard InChI is InChI=1S/C14H27N3/c1-2-3-4-5-6-7-8-9-10-17-13-16-12-14(17)11-15/h12-13H,2-11,15H2,1H3. The van der Waals surface area contributed by atoms with Crippen LogP contribution in [0.1, 0.15) is 64.0 Å². The number of hydrogen-bond donors (Lipinski definition) is 1. The van der Waals surface area contributed by atoms with Crippen LogP contribution in [0.25, 0.3) is 0 Å². The van der Waals surface area contributed by atoms with Crippen LogP contribution in [0.3, 0.4) is 0 Å². The zero-order chi connectivity index (χ0) is 12.3. The zero-order valence-electron chi connectivity index (χ0n) is 11.2. The second-order valence-corrected chi connectivity index (χ2v) is 4.76. The minimum absolute atomic E-state index is 0.594. The Morgan fingerprint density at radius 1 is 1.06 bits per heavy atom. The van der Waals surface area contributed by atoms with Gasteiger partial charge in [0.25, 0.3) is 0 Å². The van der Waals surface area contributed by atoms with Gasteiger partial charge in [-0.2, -0.15) is 0 Å². The molecule has 98 valence electrons. The average Bonchev–Trinajstić information content (AvgIpc) is 2.80. The van der Waals surface area contributed by atoms with E-state index in [-0.39, 0.29) is 0 Å². The Kier molecular flexibility index (Phi) is 7.72. The van der Waals surface area contributed by atoms with Crippen LogP contribution in [-0.2, 0) is 13.1 Å². The van der Waals surface area contributed by atoms with Crippen LogP contribution in [0, 0.1) is 0 Å². The minimum Gasteiger partial charge on any atom is -0.333 e. The van der Waals surface area contributed by atoms with Gasteiger partial charge in [0.2, 0.25) is 0 Å². The molecule has 3 nitrogen and oxygen atoms in total. The highest BCUT2D eigenvalue weighted by atomic mass is 15.0. The normalized spacial score (nSPS) is 10.9. The highest BCUT2D eigenvalue weighted by molar-refractivity contribution is 4.96. The third kappa shape index (κ3) is 5.87. The molecule has 0 aliphatic carbocycles. The van der Waals surface area contributed by atoms with Gasteiger partial charge in [-0.15, -0.1) is 0 Å². The fourth-order valence-corrected chi connectivity index (χ4v) is 2.14. The van der Waals surface area contributed by atoms with Gasteiger partial charge in [0, 0.05) is 19.3 Å². The summed E-state index contributed by atoms with van der Waals surface area (Å²) in [5.41, 5.74) is 6.78. The van der Waals surface area contributed by atoms with Crippen molar-refractivity contribution in [3.63, 3.8) is 0 Å². The molecule has 2 N–H and O–H groups in total. The van der Waals surface area contributed by atoms with E-state index in [1.54, 1.807) is 0 Å². The van der Waals surface area contributed by atoms with Crippen molar-refractivity contribution in [1.82, 2.24) is 9.55 Å². The van der Waals surface area contributed by atoms with Gasteiger partial charge in [-0.05, 0) is 6.42 Å². The summed E-state index contributed by atoms with van der Waals surface area (Å²) in [6.45, 7) is 3.93. The Hall–Kier alpha value is -0.830. The van der Waals surface area contributed by atoms with E-state index in [2.05, 4.69) is 16.5 Å². The fraction of sp³-hybridized carbons (Fsp3) is 0.786. The van der Waals surface area contributed by atoms with Crippen molar-refractivity contribution in [3.8, 4) is 0 Å². The quantitative estimate of drug-likeness (QED) is 0.633. The van der Waals surface area contributed by atoms with E-state index in [1.807, 2.05) is 12.5 Å². The van der Waals surface area contributed by atoms with Gasteiger partial charge in [-0.25, -0.2) is 4.98 Å². The fourth-order valence-electron chi connectivity index (χ4n) is 2.14. The van der Waals surface area contributed by atoms with E-state index in [1.165, 1.54) is 51.4 Å². The number of hydrogen-bond acceptors (Lipinski definition) is 2. The van der Waals surface area contributed by atoms with Crippen molar-refractivity contribution in [2.75, 3.05) is 0 Å². The Morgan fingerprint density at radius 2 is 1.71 bits per heavy atom. The van der Waals surface area contributed by atoms with Gasteiger partial charge in [0.05, 0.1) is 12.0 Å². The molecule has 0 saturated heterocycles. The molecule has 0 amide bonds. The number of nitrogens with two attached hydrogens (primary N) is 1. The maximum atomic E-state index is 5.63. The van der Waals surface area contributed by atoms with Crippen molar-refractivity contribution in [2.24, 2.45) is 5.73 Å². The molecular weight excluding hydrogens is 210 g/mol. The van der Waals surface area contributed by atoms with Crippen molar-refractivity contribution < 1.29 is 0 Å². The molecule has 0 bridgehead atoms. The molecular formula is C14H27N3. The topological polar surface area (TPSA) is 43.8 Å². The first-order valence-corrected chi connectivity index (χ1v) is 7.07. The van der Waals surface area contributed by atoms with Crippen LogP contribution in [0.5, 0.6) is 0 Å². The third-order valence-corrected chi connectivity index (χ3v) is 3.26. The smallest absolute Gasteiger partial charge is 0.0948 e. The van der Waals surface area contributed by atoms with E-state index >= 15 is 0 Å². The van der Waals surface area contributed by atoms with Crippen LogP contribution in [0.15, 0.2) is 12.5 Å². The van der Waals surface area contributed by atoms with E-state index in [9.17, 15) is 0 Å². The summed E-state index contributed by atoms with van der Waals surface area (Å²) in [4.78, 5) is 4.12. The molecule has 1 aromatic rings. The van der Waals surface area contributed by atoms with Crippen LogP contribution >= 0.6 is 0 Å². The van der Waals surface area contributed by atoms with E-state index in [0.717, 1.165) is 12.2 Å². The van der Waals surface area contributed by atoms with Gasteiger partial charge in [0.15, 0.2) is 0 Å². The van der Waals surface area contributed by atoms with Crippen LogP contribution in [0.2, 0.25) is 0 Å². The van der Waals surface area contributed by atoms with E-state index < -0.39 is 0 Å². The van der Waals surface area contributed by atoms with Crippen molar-refractivity contribution in [2.45, 2.75) is 71.4 Å². The monoisotopic (exact) mass is 237 g/mol. The number of unbranched alkanes of at least 4 members (excludes halogenated alkanes) is 7. The van der Waals surface area contributed by atoms with Crippen LogP contribution in [-0.4, -0.2) is 9.55 Å². The second-order valence-electron chi connectivity index (χ2n) is 4.76. The van der Waals surface area contributed by atoms with Crippen molar-refractivity contribution in [3.05, 3.63) is 18.2 Å². The molecule has 1 heterocycles.